The average molecular weight is 485 g/mol. The molecule has 3 aliphatic carbocycles. The summed E-state index contributed by atoms with van der Waals surface area (Å²) in [6, 6.07) is 18.4. The Bertz CT molecular complexity index is 834. The Balaban J connectivity index is 0.000000504. The third-order valence-electron chi connectivity index (χ3n) is 5.59. The SMILES string of the molecule is CNCCCC12CCC(c3ccccc31)c1ccccc12.O=S(=O)(O)O.[Mn].[Mn]. The summed E-state index contributed by atoms with van der Waals surface area (Å²) < 4.78 is 31.6. The van der Waals surface area contributed by atoms with Crippen molar-refractivity contribution < 1.29 is 51.7 Å². The minimum Gasteiger partial charge on any atom is -0.320 e. The molecule has 0 saturated heterocycles. The fourth-order valence-electron chi connectivity index (χ4n) is 4.72. The molecule has 154 valence electrons. The van der Waals surface area contributed by atoms with Gasteiger partial charge in [0.25, 0.3) is 0 Å². The number of hydrogen-bond donors (Lipinski definition) is 3. The summed E-state index contributed by atoms with van der Waals surface area (Å²) in [7, 11) is -2.61. The maximum atomic E-state index is 8.74. The molecule has 0 aromatic heterocycles. The Labute approximate surface area is 188 Å². The number of rotatable bonds is 4. The van der Waals surface area contributed by atoms with Crippen molar-refractivity contribution in [2.45, 2.75) is 37.0 Å². The quantitative estimate of drug-likeness (QED) is 0.351. The first kappa shape index (κ1) is 25.3. The van der Waals surface area contributed by atoms with Crippen LogP contribution in [0.5, 0.6) is 0 Å². The first-order valence-electron chi connectivity index (χ1n) is 8.90. The van der Waals surface area contributed by atoms with Gasteiger partial charge in [-0.15, -0.1) is 0 Å². The fraction of sp³-hybridized carbons (Fsp3) is 0.400. The fourth-order valence-corrected chi connectivity index (χ4v) is 4.72. The van der Waals surface area contributed by atoms with Crippen molar-refractivity contribution in [3.8, 4) is 0 Å². The molecule has 0 fully saturated rings. The number of nitrogens with one attached hydrogen (secondary N) is 1. The first-order chi connectivity index (χ1) is 12.4. The maximum Gasteiger partial charge on any atom is 0.394 e. The van der Waals surface area contributed by atoms with Gasteiger partial charge in [0.05, 0.1) is 0 Å². The normalized spacial score (nSPS) is 21.2. The summed E-state index contributed by atoms with van der Waals surface area (Å²) >= 11 is 0. The zero-order valence-electron chi connectivity index (χ0n) is 15.6. The Morgan fingerprint density at radius 1 is 1.00 bits per heavy atom. The predicted octanol–water partition coefficient (Wildman–Crippen LogP) is 3.55. The summed E-state index contributed by atoms with van der Waals surface area (Å²) in [5.41, 5.74) is 6.66. The molecule has 5 rings (SSSR count). The van der Waals surface area contributed by atoms with Crippen LogP contribution in [0.2, 0.25) is 0 Å². The van der Waals surface area contributed by atoms with Crippen LogP contribution in [0, 0.1) is 0 Å². The molecule has 0 unspecified atom stereocenters. The molecule has 5 nitrogen and oxygen atoms in total. The molecule has 0 atom stereocenters. The van der Waals surface area contributed by atoms with Gasteiger partial charge in [-0.3, -0.25) is 9.11 Å². The molecule has 8 heteroatoms. The standard InChI is InChI=1S/C20H23N.2Mn.H2O4S/c1-21-14-6-12-20-13-11-15(16-7-2-4-9-18(16)20)17-8-3-5-10-19(17)20;;;1-5(2,3)4/h2-5,7-10,15,21H,6,11-14H2,1H3;;;(H2,1,2,3,4). The van der Waals surface area contributed by atoms with Crippen molar-refractivity contribution >= 4 is 10.4 Å². The Hall–Kier alpha value is -0.691. The van der Waals surface area contributed by atoms with E-state index in [2.05, 4.69) is 60.9 Å². The van der Waals surface area contributed by atoms with Gasteiger partial charge in [0.1, 0.15) is 0 Å². The van der Waals surface area contributed by atoms with Crippen LogP contribution in [0.15, 0.2) is 48.5 Å². The van der Waals surface area contributed by atoms with Gasteiger partial charge >= 0.3 is 10.4 Å². The van der Waals surface area contributed by atoms with E-state index in [0.717, 1.165) is 6.54 Å². The van der Waals surface area contributed by atoms with Gasteiger partial charge in [0.15, 0.2) is 0 Å². The van der Waals surface area contributed by atoms with Crippen molar-refractivity contribution in [1.82, 2.24) is 5.32 Å². The summed E-state index contributed by atoms with van der Waals surface area (Å²) in [4.78, 5) is 0. The molecule has 0 amide bonds. The molecule has 28 heavy (non-hydrogen) atoms. The number of hydrogen-bond acceptors (Lipinski definition) is 3. The van der Waals surface area contributed by atoms with Crippen LogP contribution in [-0.2, 0) is 50.0 Å². The van der Waals surface area contributed by atoms with E-state index in [1.807, 2.05) is 0 Å². The summed E-state index contributed by atoms with van der Waals surface area (Å²) in [6.07, 6.45) is 5.13. The van der Waals surface area contributed by atoms with Crippen molar-refractivity contribution in [2.75, 3.05) is 13.6 Å². The Kier molecular flexibility index (Phi) is 9.39. The van der Waals surface area contributed by atoms with Crippen LogP contribution >= 0.6 is 0 Å². The largest absolute Gasteiger partial charge is 0.394 e. The van der Waals surface area contributed by atoms with E-state index in [0.29, 0.717) is 5.92 Å². The number of fused-ring (bicyclic) bond motifs is 1. The molecule has 2 aromatic rings. The zero-order valence-corrected chi connectivity index (χ0v) is 18.8. The van der Waals surface area contributed by atoms with E-state index < -0.39 is 10.4 Å². The van der Waals surface area contributed by atoms with Gasteiger partial charge in [0, 0.05) is 45.5 Å². The van der Waals surface area contributed by atoms with E-state index in [1.165, 1.54) is 25.7 Å². The molecule has 3 N–H and O–H groups in total. The van der Waals surface area contributed by atoms with Gasteiger partial charge in [-0.1, -0.05) is 48.5 Å². The summed E-state index contributed by atoms with van der Waals surface area (Å²) in [6.45, 7) is 1.11. The topological polar surface area (TPSA) is 86.6 Å². The smallest absolute Gasteiger partial charge is 0.320 e. The van der Waals surface area contributed by atoms with Crippen LogP contribution in [0.25, 0.3) is 0 Å². The Morgan fingerprint density at radius 2 is 1.46 bits per heavy atom. The van der Waals surface area contributed by atoms with Crippen molar-refractivity contribution in [3.05, 3.63) is 70.8 Å². The van der Waals surface area contributed by atoms with Gasteiger partial charge in [-0.25, -0.2) is 0 Å². The summed E-state index contributed by atoms with van der Waals surface area (Å²) in [5, 5.41) is 3.31. The molecule has 2 bridgehead atoms. The van der Waals surface area contributed by atoms with Crippen LogP contribution in [-0.4, -0.2) is 31.1 Å². The molecule has 0 spiro atoms. The third kappa shape index (κ3) is 5.26. The second-order valence-electron chi connectivity index (χ2n) is 7.00. The molecule has 0 aliphatic heterocycles. The predicted molar refractivity (Wildman–Crippen MR) is 102 cm³/mol. The van der Waals surface area contributed by atoms with Gasteiger partial charge < -0.3 is 5.32 Å². The van der Waals surface area contributed by atoms with Crippen LogP contribution < -0.4 is 5.32 Å². The van der Waals surface area contributed by atoms with Crippen LogP contribution in [0.1, 0.15) is 53.9 Å². The van der Waals surface area contributed by atoms with Gasteiger partial charge in [0.2, 0.25) is 0 Å². The molecule has 2 radical (unpaired) electrons. The molecule has 2 aromatic carbocycles. The van der Waals surface area contributed by atoms with Crippen molar-refractivity contribution in [2.24, 2.45) is 0 Å². The molecule has 3 aliphatic rings. The van der Waals surface area contributed by atoms with E-state index in [4.69, 9.17) is 17.5 Å². The zero-order chi connectivity index (χ0) is 18.8. The third-order valence-corrected chi connectivity index (χ3v) is 5.59. The van der Waals surface area contributed by atoms with Crippen molar-refractivity contribution in [1.29, 1.82) is 0 Å². The molecule has 0 saturated carbocycles. The van der Waals surface area contributed by atoms with Crippen LogP contribution in [0.4, 0.5) is 0 Å². The minimum atomic E-state index is -4.67. The van der Waals surface area contributed by atoms with Gasteiger partial charge in [-0.2, -0.15) is 8.42 Å². The number of benzene rings is 2. The second kappa shape index (κ2) is 10.4. The first-order valence-corrected chi connectivity index (χ1v) is 10.3. The van der Waals surface area contributed by atoms with Gasteiger partial charge in [-0.05, 0) is 61.5 Å². The van der Waals surface area contributed by atoms with E-state index >= 15 is 0 Å². The molecule has 0 heterocycles. The Morgan fingerprint density at radius 3 is 1.93 bits per heavy atom. The second-order valence-corrected chi connectivity index (χ2v) is 7.90. The summed E-state index contributed by atoms with van der Waals surface area (Å²) in [5.74, 6) is 0.628. The van der Waals surface area contributed by atoms with Crippen LogP contribution in [0.3, 0.4) is 0 Å². The van der Waals surface area contributed by atoms with E-state index in [-0.39, 0.29) is 39.6 Å². The minimum absolute atomic E-state index is 0. The van der Waals surface area contributed by atoms with Crippen molar-refractivity contribution in [3.63, 3.8) is 0 Å². The van der Waals surface area contributed by atoms with E-state index in [1.54, 1.807) is 22.3 Å². The molecular formula is C20H25Mn2NO4S. The average Bonchev–Trinajstić information content (AvgIpc) is 2.61. The van der Waals surface area contributed by atoms with E-state index in [9.17, 15) is 0 Å². The maximum absolute atomic E-state index is 8.74. The monoisotopic (exact) mass is 485 g/mol. The molecular weight excluding hydrogens is 460 g/mol.